The van der Waals surface area contributed by atoms with E-state index in [-0.39, 0.29) is 11.8 Å². The molecule has 5 nitrogen and oxygen atoms in total. The minimum atomic E-state index is -0.0568. The van der Waals surface area contributed by atoms with Gasteiger partial charge in [0.2, 0.25) is 5.91 Å². The van der Waals surface area contributed by atoms with Crippen LogP contribution in [0, 0.1) is 5.92 Å². The third kappa shape index (κ3) is 3.69. The van der Waals surface area contributed by atoms with Crippen molar-refractivity contribution in [2.24, 2.45) is 5.92 Å². The van der Waals surface area contributed by atoms with E-state index in [2.05, 4.69) is 22.4 Å². The summed E-state index contributed by atoms with van der Waals surface area (Å²) in [5, 5.41) is 3.49. The average Bonchev–Trinajstić information content (AvgIpc) is 3.21. The number of carbonyl (C=O) groups excluding carboxylic acids is 1. The van der Waals surface area contributed by atoms with Crippen molar-refractivity contribution in [2.75, 3.05) is 12.4 Å². The summed E-state index contributed by atoms with van der Waals surface area (Å²) in [7, 11) is 1.67. The molecular weight excluding hydrogens is 364 g/mol. The fourth-order valence-corrected chi connectivity index (χ4v) is 3.74. The Kier molecular flexibility index (Phi) is 4.86. The lowest BCUT2D eigenvalue weighted by Gasteiger charge is -2.24. The second kappa shape index (κ2) is 7.45. The third-order valence-corrected chi connectivity index (χ3v) is 5.26. The molecule has 1 atom stereocenters. The maximum Gasteiger partial charge on any atom is 0.227 e. The number of nitrogens with zero attached hydrogens (tertiary/aromatic N) is 1. The van der Waals surface area contributed by atoms with Crippen molar-refractivity contribution in [1.82, 2.24) is 4.98 Å². The van der Waals surface area contributed by atoms with Gasteiger partial charge in [-0.3, -0.25) is 4.79 Å². The quantitative estimate of drug-likeness (QED) is 0.707. The van der Waals surface area contributed by atoms with E-state index in [1.165, 1.54) is 17.5 Å². The highest BCUT2D eigenvalue weighted by Crippen LogP contribution is 2.32. The molecule has 1 aromatic heterocycles. The predicted molar refractivity (Wildman–Crippen MR) is 104 cm³/mol. The zero-order valence-electron chi connectivity index (χ0n) is 14.9. The van der Waals surface area contributed by atoms with Crippen LogP contribution in [-0.2, 0) is 17.6 Å². The zero-order chi connectivity index (χ0) is 18.8. The van der Waals surface area contributed by atoms with Crippen molar-refractivity contribution in [3.63, 3.8) is 0 Å². The van der Waals surface area contributed by atoms with Gasteiger partial charge < -0.3 is 14.5 Å². The topological polar surface area (TPSA) is 64.4 Å². The van der Waals surface area contributed by atoms with Crippen LogP contribution >= 0.6 is 11.6 Å². The first-order valence-corrected chi connectivity index (χ1v) is 9.17. The molecule has 6 heteroatoms. The van der Waals surface area contributed by atoms with Crippen molar-refractivity contribution in [3.05, 3.63) is 65.1 Å². The number of methoxy groups -OCH3 is 1. The molecule has 138 valence electrons. The smallest absolute Gasteiger partial charge is 0.227 e. The Morgan fingerprint density at radius 2 is 2.15 bits per heavy atom. The van der Waals surface area contributed by atoms with Crippen LogP contribution in [0.25, 0.3) is 11.3 Å². The zero-order valence-corrected chi connectivity index (χ0v) is 15.6. The Morgan fingerprint density at radius 1 is 1.26 bits per heavy atom. The van der Waals surface area contributed by atoms with Gasteiger partial charge in [-0.1, -0.05) is 17.7 Å². The highest BCUT2D eigenvalue weighted by atomic mass is 35.5. The predicted octanol–water partition coefficient (Wildman–Crippen LogP) is 4.75. The number of amides is 1. The Hall–Kier alpha value is -2.79. The number of halogens is 1. The van der Waals surface area contributed by atoms with Crippen LogP contribution in [0.5, 0.6) is 5.75 Å². The van der Waals surface area contributed by atoms with E-state index < -0.39 is 0 Å². The van der Waals surface area contributed by atoms with Gasteiger partial charge >= 0.3 is 0 Å². The van der Waals surface area contributed by atoms with Gasteiger partial charge in [-0.2, -0.15) is 0 Å². The van der Waals surface area contributed by atoms with Crippen LogP contribution in [0.3, 0.4) is 0 Å². The summed E-state index contributed by atoms with van der Waals surface area (Å²) in [6, 6.07) is 11.4. The van der Waals surface area contributed by atoms with Gasteiger partial charge in [0, 0.05) is 17.2 Å². The van der Waals surface area contributed by atoms with E-state index in [1.807, 2.05) is 18.2 Å². The number of nitrogens with one attached hydrogen (secondary N) is 1. The second-order valence-electron chi connectivity index (χ2n) is 6.62. The standard InChI is InChI=1S/C21H19ClN2O3/c1-26-17-6-4-13-8-15(3-2-14(13)9-17)21(25)24-16-5-7-18(19(22)10-16)20-11-23-12-27-20/h4-7,9-12,15H,2-3,8H2,1H3,(H,24,25). The van der Waals surface area contributed by atoms with Crippen molar-refractivity contribution in [3.8, 4) is 17.1 Å². The lowest BCUT2D eigenvalue weighted by Crippen LogP contribution is -2.28. The summed E-state index contributed by atoms with van der Waals surface area (Å²) < 4.78 is 10.6. The number of aryl methyl sites for hydroxylation is 1. The summed E-state index contributed by atoms with van der Waals surface area (Å²) >= 11 is 6.33. The number of benzene rings is 2. The van der Waals surface area contributed by atoms with Gasteiger partial charge in [0.15, 0.2) is 12.2 Å². The van der Waals surface area contributed by atoms with Crippen molar-refractivity contribution in [1.29, 1.82) is 0 Å². The van der Waals surface area contributed by atoms with Crippen LogP contribution in [-0.4, -0.2) is 18.0 Å². The number of hydrogen-bond acceptors (Lipinski definition) is 4. The number of oxazole rings is 1. The first-order valence-electron chi connectivity index (χ1n) is 8.79. The maximum atomic E-state index is 12.7. The van der Waals surface area contributed by atoms with Crippen LogP contribution in [0.15, 0.2) is 53.4 Å². The Bertz CT molecular complexity index is 970. The fourth-order valence-electron chi connectivity index (χ4n) is 3.47. The highest BCUT2D eigenvalue weighted by Gasteiger charge is 2.25. The van der Waals surface area contributed by atoms with E-state index in [0.717, 1.165) is 30.6 Å². The molecule has 0 saturated carbocycles. The van der Waals surface area contributed by atoms with Crippen molar-refractivity contribution in [2.45, 2.75) is 19.3 Å². The minimum absolute atomic E-state index is 0.0138. The molecule has 0 radical (unpaired) electrons. The molecule has 0 fully saturated rings. The van der Waals surface area contributed by atoms with Gasteiger partial charge in [-0.05, 0) is 60.7 Å². The molecule has 4 rings (SSSR count). The molecule has 0 spiro atoms. The molecule has 1 unspecified atom stereocenters. The summed E-state index contributed by atoms with van der Waals surface area (Å²) in [6.07, 6.45) is 5.38. The summed E-state index contributed by atoms with van der Waals surface area (Å²) in [5.41, 5.74) is 3.89. The Morgan fingerprint density at radius 3 is 2.89 bits per heavy atom. The second-order valence-corrected chi connectivity index (χ2v) is 7.03. The van der Waals surface area contributed by atoms with Crippen LogP contribution in [0.4, 0.5) is 5.69 Å². The van der Waals surface area contributed by atoms with Gasteiger partial charge in [-0.25, -0.2) is 4.98 Å². The number of aromatic nitrogens is 1. The van der Waals surface area contributed by atoms with Gasteiger partial charge in [0.1, 0.15) is 5.75 Å². The average molecular weight is 383 g/mol. The lowest BCUT2D eigenvalue weighted by molar-refractivity contribution is -0.120. The number of fused-ring (bicyclic) bond motifs is 1. The molecule has 0 saturated heterocycles. The van der Waals surface area contributed by atoms with E-state index >= 15 is 0 Å². The minimum Gasteiger partial charge on any atom is -0.497 e. The SMILES string of the molecule is COc1ccc2c(c1)CCC(C(=O)Nc1ccc(-c3cnco3)c(Cl)c1)C2. The van der Waals surface area contributed by atoms with Gasteiger partial charge in [0.25, 0.3) is 0 Å². The molecule has 1 heterocycles. The molecule has 0 aliphatic heterocycles. The first-order chi connectivity index (χ1) is 13.1. The van der Waals surface area contributed by atoms with Crippen LogP contribution in [0.1, 0.15) is 17.5 Å². The fraction of sp³-hybridized carbons (Fsp3) is 0.238. The molecule has 3 aromatic rings. The number of carbonyl (C=O) groups is 1. The monoisotopic (exact) mass is 382 g/mol. The molecule has 1 aliphatic rings. The molecule has 27 heavy (non-hydrogen) atoms. The van der Waals surface area contributed by atoms with Crippen LogP contribution in [0.2, 0.25) is 5.02 Å². The van der Waals surface area contributed by atoms with E-state index in [1.54, 1.807) is 19.4 Å². The third-order valence-electron chi connectivity index (χ3n) is 4.95. The van der Waals surface area contributed by atoms with Crippen molar-refractivity contribution < 1.29 is 13.9 Å². The summed E-state index contributed by atoms with van der Waals surface area (Å²) in [4.78, 5) is 16.6. The van der Waals surface area contributed by atoms with E-state index in [0.29, 0.717) is 16.5 Å². The Labute approximate surface area is 162 Å². The molecule has 1 aliphatic carbocycles. The van der Waals surface area contributed by atoms with Gasteiger partial charge in [-0.15, -0.1) is 0 Å². The van der Waals surface area contributed by atoms with E-state index in [4.69, 9.17) is 20.8 Å². The van der Waals surface area contributed by atoms with Crippen LogP contribution < -0.4 is 10.1 Å². The molecule has 2 aromatic carbocycles. The number of hydrogen-bond donors (Lipinski definition) is 1. The normalized spacial score (nSPS) is 15.9. The largest absolute Gasteiger partial charge is 0.497 e. The number of ether oxygens (including phenoxy) is 1. The summed E-state index contributed by atoms with van der Waals surface area (Å²) in [5.74, 6) is 1.41. The van der Waals surface area contributed by atoms with Crippen molar-refractivity contribution >= 4 is 23.2 Å². The first kappa shape index (κ1) is 17.6. The highest BCUT2D eigenvalue weighted by molar-refractivity contribution is 6.33. The molecule has 1 amide bonds. The number of rotatable bonds is 4. The molecule has 1 N–H and O–H groups in total. The molecular formula is C21H19ClN2O3. The Balaban J connectivity index is 1.45. The van der Waals surface area contributed by atoms with Gasteiger partial charge in [0.05, 0.1) is 18.3 Å². The lowest BCUT2D eigenvalue weighted by atomic mass is 9.83. The van der Waals surface area contributed by atoms with E-state index in [9.17, 15) is 4.79 Å². The number of anilines is 1. The summed E-state index contributed by atoms with van der Waals surface area (Å²) in [6.45, 7) is 0. The molecule has 0 bridgehead atoms. The maximum absolute atomic E-state index is 12.7.